The zero-order valence-corrected chi connectivity index (χ0v) is 12.1. The zero-order valence-electron chi connectivity index (χ0n) is 12.1. The third-order valence-corrected chi connectivity index (χ3v) is 3.39. The van der Waals surface area contributed by atoms with E-state index in [4.69, 9.17) is 4.42 Å². The predicted octanol–water partition coefficient (Wildman–Crippen LogP) is 2.73. The Balaban J connectivity index is 1.94. The van der Waals surface area contributed by atoms with Gasteiger partial charge in [-0.05, 0) is 37.1 Å². The molecule has 0 saturated carbocycles. The Morgan fingerprint density at radius 2 is 2.24 bits per heavy atom. The van der Waals surface area contributed by atoms with Crippen LogP contribution in [0.2, 0.25) is 0 Å². The molecule has 1 amide bonds. The maximum absolute atomic E-state index is 12.5. The number of carbonyl (C=O) groups is 1. The Labute approximate surface area is 122 Å². The Morgan fingerprint density at radius 1 is 1.38 bits per heavy atom. The van der Waals surface area contributed by atoms with Crippen molar-refractivity contribution in [2.75, 3.05) is 0 Å². The number of aryl methyl sites for hydroxylation is 2. The van der Waals surface area contributed by atoms with Gasteiger partial charge in [0.1, 0.15) is 17.1 Å². The number of hydrogen-bond acceptors (Lipinski definition) is 3. The number of aromatic nitrogens is 2. The molecule has 0 aliphatic carbocycles. The van der Waals surface area contributed by atoms with Gasteiger partial charge in [-0.25, -0.2) is 4.98 Å². The molecule has 5 nitrogen and oxygen atoms in total. The first-order valence-electron chi connectivity index (χ1n) is 6.97. The highest BCUT2D eigenvalue weighted by molar-refractivity contribution is 5.94. The van der Waals surface area contributed by atoms with E-state index in [1.807, 2.05) is 42.6 Å². The Bertz CT molecular complexity index is 772. The first kappa shape index (κ1) is 13.4. The lowest BCUT2D eigenvalue weighted by molar-refractivity contribution is 0.0941. The molecule has 0 radical (unpaired) electrons. The molecule has 0 spiro atoms. The van der Waals surface area contributed by atoms with Gasteiger partial charge in [0.15, 0.2) is 0 Å². The van der Waals surface area contributed by atoms with Gasteiger partial charge in [0, 0.05) is 6.20 Å². The second-order valence-corrected chi connectivity index (χ2v) is 4.96. The van der Waals surface area contributed by atoms with Crippen molar-refractivity contribution < 1.29 is 9.21 Å². The second kappa shape index (κ2) is 5.44. The number of fused-ring (bicyclic) bond motifs is 1. The second-order valence-electron chi connectivity index (χ2n) is 4.96. The fourth-order valence-electron chi connectivity index (χ4n) is 2.35. The van der Waals surface area contributed by atoms with E-state index in [2.05, 4.69) is 10.3 Å². The number of imidazole rings is 1. The van der Waals surface area contributed by atoms with Gasteiger partial charge in [0.25, 0.3) is 5.91 Å². The monoisotopic (exact) mass is 283 g/mol. The summed E-state index contributed by atoms with van der Waals surface area (Å²) in [5.41, 5.74) is 3.28. The highest BCUT2D eigenvalue weighted by Crippen LogP contribution is 2.15. The van der Waals surface area contributed by atoms with Crippen molar-refractivity contribution in [3.8, 4) is 0 Å². The van der Waals surface area contributed by atoms with E-state index in [0.29, 0.717) is 18.7 Å². The summed E-state index contributed by atoms with van der Waals surface area (Å²) in [6.07, 6.45) is 4.24. The van der Waals surface area contributed by atoms with Crippen molar-refractivity contribution in [2.45, 2.75) is 26.8 Å². The van der Waals surface area contributed by atoms with E-state index in [0.717, 1.165) is 22.7 Å². The topological polar surface area (TPSA) is 59.5 Å². The summed E-state index contributed by atoms with van der Waals surface area (Å²) in [6, 6.07) is 7.56. The van der Waals surface area contributed by atoms with E-state index in [9.17, 15) is 4.79 Å². The highest BCUT2D eigenvalue weighted by atomic mass is 16.3. The number of hydrogen-bond donors (Lipinski definition) is 1. The average Bonchev–Trinajstić information content (AvgIpc) is 3.11. The third kappa shape index (κ3) is 2.54. The van der Waals surface area contributed by atoms with Crippen molar-refractivity contribution >= 4 is 11.6 Å². The molecule has 0 unspecified atom stereocenters. The molecule has 0 aromatic carbocycles. The number of nitrogens with one attached hydrogen (secondary N) is 1. The van der Waals surface area contributed by atoms with E-state index in [1.165, 1.54) is 0 Å². The summed E-state index contributed by atoms with van der Waals surface area (Å²) < 4.78 is 7.08. The molecule has 3 rings (SSSR count). The lowest BCUT2D eigenvalue weighted by atomic mass is 10.2. The summed E-state index contributed by atoms with van der Waals surface area (Å²) in [6.45, 7) is 4.36. The fourth-order valence-corrected chi connectivity index (χ4v) is 2.35. The van der Waals surface area contributed by atoms with Gasteiger partial charge in [-0.1, -0.05) is 13.0 Å². The van der Waals surface area contributed by atoms with Gasteiger partial charge in [-0.3, -0.25) is 9.20 Å². The number of carbonyl (C=O) groups excluding carboxylic acids is 1. The summed E-state index contributed by atoms with van der Waals surface area (Å²) in [4.78, 5) is 17.0. The molecule has 0 bridgehead atoms. The van der Waals surface area contributed by atoms with Crippen LogP contribution >= 0.6 is 0 Å². The molecular formula is C16H17N3O2. The standard InChI is InChI=1S/C16H17N3O2/c1-3-13-15(16(20)17-9-12-5-4-8-21-12)19-10-11(2)6-7-14(19)18-13/h4-8,10H,3,9H2,1-2H3,(H,17,20). The number of rotatable bonds is 4. The first-order valence-corrected chi connectivity index (χ1v) is 6.97. The highest BCUT2D eigenvalue weighted by Gasteiger charge is 2.18. The molecule has 5 heteroatoms. The lowest BCUT2D eigenvalue weighted by Crippen LogP contribution is -2.25. The molecule has 0 aliphatic rings. The summed E-state index contributed by atoms with van der Waals surface area (Å²) in [7, 11) is 0. The van der Waals surface area contributed by atoms with Gasteiger partial charge in [-0.15, -0.1) is 0 Å². The quantitative estimate of drug-likeness (QED) is 0.801. The van der Waals surface area contributed by atoms with Crippen LogP contribution in [0.4, 0.5) is 0 Å². The lowest BCUT2D eigenvalue weighted by Gasteiger charge is -2.05. The van der Waals surface area contributed by atoms with Crippen molar-refractivity contribution in [3.63, 3.8) is 0 Å². The SMILES string of the molecule is CCc1nc2ccc(C)cn2c1C(=O)NCc1ccco1. The number of nitrogens with zero attached hydrogens (tertiary/aromatic N) is 2. The molecule has 21 heavy (non-hydrogen) atoms. The number of pyridine rings is 1. The smallest absolute Gasteiger partial charge is 0.270 e. The van der Waals surface area contributed by atoms with Gasteiger partial charge < -0.3 is 9.73 Å². The molecular weight excluding hydrogens is 266 g/mol. The summed E-state index contributed by atoms with van der Waals surface area (Å²) in [5.74, 6) is 0.591. The van der Waals surface area contributed by atoms with E-state index < -0.39 is 0 Å². The molecule has 0 atom stereocenters. The van der Waals surface area contributed by atoms with Crippen LogP contribution in [0.1, 0.15) is 34.4 Å². The number of furan rings is 1. The van der Waals surface area contributed by atoms with Crippen molar-refractivity contribution in [3.05, 3.63) is 59.4 Å². The van der Waals surface area contributed by atoms with Crippen LogP contribution in [0.3, 0.4) is 0 Å². The van der Waals surface area contributed by atoms with E-state index in [1.54, 1.807) is 12.3 Å². The van der Waals surface area contributed by atoms with Crippen molar-refractivity contribution in [1.82, 2.24) is 14.7 Å². The molecule has 0 fully saturated rings. The molecule has 3 aromatic heterocycles. The van der Waals surface area contributed by atoms with Gasteiger partial charge >= 0.3 is 0 Å². The minimum atomic E-state index is -0.138. The van der Waals surface area contributed by atoms with Crippen LogP contribution < -0.4 is 5.32 Å². The average molecular weight is 283 g/mol. The van der Waals surface area contributed by atoms with Crippen LogP contribution in [0, 0.1) is 6.92 Å². The van der Waals surface area contributed by atoms with Crippen LogP contribution in [0.25, 0.3) is 5.65 Å². The van der Waals surface area contributed by atoms with Crippen molar-refractivity contribution in [1.29, 1.82) is 0 Å². The Hall–Kier alpha value is -2.56. The Kier molecular flexibility index (Phi) is 3.48. The van der Waals surface area contributed by atoms with E-state index >= 15 is 0 Å². The molecule has 3 aromatic rings. The third-order valence-electron chi connectivity index (χ3n) is 3.39. The van der Waals surface area contributed by atoms with Crippen LogP contribution in [0.5, 0.6) is 0 Å². The van der Waals surface area contributed by atoms with Crippen LogP contribution in [-0.4, -0.2) is 15.3 Å². The molecule has 0 saturated heterocycles. The summed E-state index contributed by atoms with van der Waals surface area (Å²) >= 11 is 0. The fraction of sp³-hybridized carbons (Fsp3) is 0.250. The normalized spacial score (nSPS) is 11.0. The maximum atomic E-state index is 12.5. The zero-order chi connectivity index (χ0) is 14.8. The van der Waals surface area contributed by atoms with E-state index in [-0.39, 0.29) is 5.91 Å². The molecule has 3 heterocycles. The van der Waals surface area contributed by atoms with Crippen LogP contribution in [0.15, 0.2) is 41.1 Å². The van der Waals surface area contributed by atoms with Gasteiger partial charge in [0.05, 0.1) is 18.5 Å². The molecule has 108 valence electrons. The molecule has 0 aliphatic heterocycles. The van der Waals surface area contributed by atoms with Crippen LogP contribution in [-0.2, 0) is 13.0 Å². The minimum absolute atomic E-state index is 0.138. The minimum Gasteiger partial charge on any atom is -0.467 e. The predicted molar refractivity (Wildman–Crippen MR) is 79.2 cm³/mol. The van der Waals surface area contributed by atoms with Gasteiger partial charge in [-0.2, -0.15) is 0 Å². The molecule has 1 N–H and O–H groups in total. The Morgan fingerprint density at radius 3 is 2.95 bits per heavy atom. The van der Waals surface area contributed by atoms with Gasteiger partial charge in [0.2, 0.25) is 0 Å². The maximum Gasteiger partial charge on any atom is 0.270 e. The first-order chi connectivity index (χ1) is 10.2. The van der Waals surface area contributed by atoms with Crippen molar-refractivity contribution in [2.24, 2.45) is 0 Å². The number of amides is 1. The largest absolute Gasteiger partial charge is 0.467 e. The summed E-state index contributed by atoms with van der Waals surface area (Å²) in [5, 5.41) is 2.88.